The van der Waals surface area contributed by atoms with E-state index < -0.39 is 5.56 Å². The first-order chi connectivity index (χ1) is 5.83. The highest BCUT2D eigenvalue weighted by molar-refractivity contribution is 6.27. The van der Waals surface area contributed by atoms with Crippen LogP contribution in [0.15, 0.2) is 30.3 Å². The van der Waals surface area contributed by atoms with Crippen LogP contribution in [0.3, 0.4) is 0 Å². The lowest BCUT2D eigenvalue weighted by atomic mass is 10.2. The molecule has 3 heteroatoms. The Morgan fingerprint density at radius 2 is 1.92 bits per heavy atom. The molecule has 12 heavy (non-hydrogen) atoms. The van der Waals surface area contributed by atoms with E-state index in [4.69, 9.17) is 27.9 Å². The molecule has 0 bridgehead atoms. The highest BCUT2D eigenvalue weighted by Gasteiger charge is 2.01. The summed E-state index contributed by atoms with van der Waals surface area (Å²) in [5.74, 6) is 0.314. The SMILES string of the molecule is ClCC(Cl)OCc1ccccc1. The van der Waals surface area contributed by atoms with E-state index in [1.54, 1.807) is 0 Å². The van der Waals surface area contributed by atoms with Crippen LogP contribution in [-0.2, 0) is 11.3 Å². The molecular formula is C9H10Cl2O. The molecule has 1 aromatic carbocycles. The zero-order valence-corrected chi connectivity index (χ0v) is 8.05. The predicted molar refractivity (Wildman–Crippen MR) is 51.6 cm³/mol. The number of benzene rings is 1. The molecule has 0 amide bonds. The zero-order chi connectivity index (χ0) is 8.81. The fraction of sp³-hybridized carbons (Fsp3) is 0.333. The molecule has 1 aromatic rings. The summed E-state index contributed by atoms with van der Waals surface area (Å²) in [6.45, 7) is 0.516. The van der Waals surface area contributed by atoms with Crippen molar-refractivity contribution < 1.29 is 4.74 Å². The molecule has 0 N–H and O–H groups in total. The molecule has 1 unspecified atom stereocenters. The van der Waals surface area contributed by atoms with Gasteiger partial charge in [-0.1, -0.05) is 41.9 Å². The summed E-state index contributed by atoms with van der Waals surface area (Å²) in [5.41, 5.74) is 0.708. The van der Waals surface area contributed by atoms with E-state index in [0.29, 0.717) is 12.5 Å². The smallest absolute Gasteiger partial charge is 0.145 e. The molecule has 0 aromatic heterocycles. The van der Waals surface area contributed by atoms with Gasteiger partial charge in [0.15, 0.2) is 0 Å². The summed E-state index contributed by atoms with van der Waals surface area (Å²) in [7, 11) is 0. The van der Waals surface area contributed by atoms with Gasteiger partial charge in [0.05, 0.1) is 12.5 Å². The molecule has 1 rings (SSSR count). The molecule has 0 fully saturated rings. The van der Waals surface area contributed by atoms with Crippen molar-refractivity contribution in [2.24, 2.45) is 0 Å². The van der Waals surface area contributed by atoms with Crippen LogP contribution in [0.1, 0.15) is 5.56 Å². The molecule has 66 valence electrons. The second-order valence-corrected chi connectivity index (χ2v) is 3.16. The van der Waals surface area contributed by atoms with Gasteiger partial charge in [0.1, 0.15) is 5.56 Å². The highest BCUT2D eigenvalue weighted by Crippen LogP contribution is 2.06. The van der Waals surface area contributed by atoms with Gasteiger partial charge in [-0.15, -0.1) is 11.6 Å². The van der Waals surface area contributed by atoms with E-state index in [1.165, 1.54) is 0 Å². The standard InChI is InChI=1S/C9H10Cl2O/c10-6-9(11)12-7-8-4-2-1-3-5-8/h1-5,9H,6-7H2. The molecule has 1 nitrogen and oxygen atoms in total. The van der Waals surface area contributed by atoms with Crippen molar-refractivity contribution in [1.82, 2.24) is 0 Å². The van der Waals surface area contributed by atoms with Crippen LogP contribution in [0.5, 0.6) is 0 Å². The van der Waals surface area contributed by atoms with E-state index in [-0.39, 0.29) is 0 Å². The van der Waals surface area contributed by atoms with Crippen molar-refractivity contribution in [2.45, 2.75) is 12.2 Å². The largest absolute Gasteiger partial charge is 0.357 e. The summed E-state index contributed by atoms with van der Waals surface area (Å²) in [6, 6.07) is 9.85. The number of ether oxygens (including phenoxy) is 1. The lowest BCUT2D eigenvalue weighted by Crippen LogP contribution is -2.05. The van der Waals surface area contributed by atoms with E-state index in [1.807, 2.05) is 30.3 Å². The zero-order valence-electron chi connectivity index (χ0n) is 6.54. The van der Waals surface area contributed by atoms with Gasteiger partial charge in [-0.3, -0.25) is 0 Å². The third kappa shape index (κ3) is 3.44. The maximum atomic E-state index is 5.66. The maximum Gasteiger partial charge on any atom is 0.145 e. The lowest BCUT2D eigenvalue weighted by molar-refractivity contribution is 0.107. The monoisotopic (exact) mass is 204 g/mol. The number of halogens is 2. The minimum absolute atomic E-state index is 0.314. The fourth-order valence-electron chi connectivity index (χ4n) is 0.805. The van der Waals surface area contributed by atoms with Crippen molar-refractivity contribution in [3.8, 4) is 0 Å². The fourth-order valence-corrected chi connectivity index (χ4v) is 0.958. The van der Waals surface area contributed by atoms with E-state index >= 15 is 0 Å². The van der Waals surface area contributed by atoms with E-state index in [2.05, 4.69) is 0 Å². The molecule has 0 aliphatic carbocycles. The minimum atomic E-state index is -0.396. The summed E-state index contributed by atoms with van der Waals surface area (Å²) >= 11 is 11.1. The Morgan fingerprint density at radius 3 is 2.50 bits per heavy atom. The Kier molecular flexibility index (Phi) is 4.44. The van der Waals surface area contributed by atoms with Gasteiger partial charge in [-0.05, 0) is 5.56 Å². The molecule has 0 saturated carbocycles. The minimum Gasteiger partial charge on any atom is -0.357 e. The molecule has 0 radical (unpaired) electrons. The Labute approximate surface area is 82.2 Å². The third-order valence-electron chi connectivity index (χ3n) is 1.39. The van der Waals surface area contributed by atoms with Gasteiger partial charge in [-0.25, -0.2) is 0 Å². The first-order valence-electron chi connectivity index (χ1n) is 3.68. The van der Waals surface area contributed by atoms with Crippen LogP contribution in [-0.4, -0.2) is 11.4 Å². The highest BCUT2D eigenvalue weighted by atomic mass is 35.5. The molecule has 0 spiro atoms. The Morgan fingerprint density at radius 1 is 1.25 bits per heavy atom. The summed E-state index contributed by atoms with van der Waals surface area (Å²) in [4.78, 5) is 0. The van der Waals surface area contributed by atoms with Crippen LogP contribution in [0.4, 0.5) is 0 Å². The van der Waals surface area contributed by atoms with Crippen LogP contribution in [0.25, 0.3) is 0 Å². The Hall–Kier alpha value is -0.240. The molecular weight excluding hydrogens is 195 g/mol. The normalized spacial score (nSPS) is 12.8. The van der Waals surface area contributed by atoms with Crippen molar-refractivity contribution in [1.29, 1.82) is 0 Å². The topological polar surface area (TPSA) is 9.23 Å². The van der Waals surface area contributed by atoms with Crippen molar-refractivity contribution in [3.05, 3.63) is 35.9 Å². The molecule has 0 heterocycles. The molecule has 0 aliphatic heterocycles. The average molecular weight is 205 g/mol. The summed E-state index contributed by atoms with van der Waals surface area (Å²) in [5, 5.41) is 0. The van der Waals surface area contributed by atoms with Crippen LogP contribution in [0, 0.1) is 0 Å². The van der Waals surface area contributed by atoms with Gasteiger partial charge in [0.2, 0.25) is 0 Å². The van der Waals surface area contributed by atoms with Crippen molar-refractivity contribution in [3.63, 3.8) is 0 Å². The molecule has 0 saturated heterocycles. The molecule has 1 atom stereocenters. The maximum absolute atomic E-state index is 5.66. The van der Waals surface area contributed by atoms with Gasteiger partial charge in [0, 0.05) is 0 Å². The number of hydrogen-bond acceptors (Lipinski definition) is 1. The van der Waals surface area contributed by atoms with Gasteiger partial charge in [0.25, 0.3) is 0 Å². The number of alkyl halides is 2. The second-order valence-electron chi connectivity index (χ2n) is 2.36. The predicted octanol–water partition coefficient (Wildman–Crippen LogP) is 3.01. The van der Waals surface area contributed by atoms with Crippen molar-refractivity contribution in [2.75, 3.05) is 5.88 Å². The summed E-state index contributed by atoms with van der Waals surface area (Å²) in [6.07, 6.45) is 0. The number of rotatable bonds is 4. The van der Waals surface area contributed by atoms with Crippen LogP contribution >= 0.6 is 23.2 Å². The number of hydrogen-bond donors (Lipinski definition) is 0. The lowest BCUT2D eigenvalue weighted by Gasteiger charge is -2.06. The first kappa shape index (κ1) is 9.85. The van der Waals surface area contributed by atoms with Gasteiger partial charge >= 0.3 is 0 Å². The quantitative estimate of drug-likeness (QED) is 0.686. The van der Waals surface area contributed by atoms with Crippen molar-refractivity contribution >= 4 is 23.2 Å². The van der Waals surface area contributed by atoms with Crippen LogP contribution in [0.2, 0.25) is 0 Å². The summed E-state index contributed by atoms with van der Waals surface area (Å²) < 4.78 is 5.21. The third-order valence-corrected chi connectivity index (χ3v) is 2.11. The Balaban J connectivity index is 2.33. The van der Waals surface area contributed by atoms with E-state index in [9.17, 15) is 0 Å². The Bertz CT molecular complexity index is 213. The van der Waals surface area contributed by atoms with Crippen LogP contribution < -0.4 is 0 Å². The molecule has 0 aliphatic rings. The van der Waals surface area contributed by atoms with Gasteiger partial charge < -0.3 is 4.74 Å². The average Bonchev–Trinajstić information content (AvgIpc) is 2.16. The van der Waals surface area contributed by atoms with Gasteiger partial charge in [-0.2, -0.15) is 0 Å². The van der Waals surface area contributed by atoms with E-state index in [0.717, 1.165) is 5.56 Å². The first-order valence-corrected chi connectivity index (χ1v) is 4.65. The second kappa shape index (κ2) is 5.41.